The van der Waals surface area contributed by atoms with E-state index < -0.39 is 52.6 Å². The van der Waals surface area contributed by atoms with Crippen molar-refractivity contribution in [2.75, 3.05) is 9.80 Å². The van der Waals surface area contributed by atoms with Crippen LogP contribution in [0.25, 0.3) is 0 Å². The van der Waals surface area contributed by atoms with Crippen LogP contribution in [0.5, 0.6) is 5.75 Å². The lowest BCUT2D eigenvalue weighted by Crippen LogP contribution is -2.48. The van der Waals surface area contributed by atoms with E-state index in [0.717, 1.165) is 14.5 Å². The predicted octanol–water partition coefficient (Wildman–Crippen LogP) is 6.88. The Kier molecular flexibility index (Phi) is 6.95. The first kappa shape index (κ1) is 29.4. The van der Waals surface area contributed by atoms with Gasteiger partial charge in [-0.25, -0.2) is 9.29 Å². The van der Waals surface area contributed by atoms with Gasteiger partial charge >= 0.3 is 0 Å². The van der Waals surface area contributed by atoms with Gasteiger partial charge in [-0.3, -0.25) is 24.1 Å². The summed E-state index contributed by atoms with van der Waals surface area (Å²) in [6.07, 6.45) is 2.30. The van der Waals surface area contributed by atoms with E-state index in [2.05, 4.69) is 22.6 Å². The molecule has 1 N–H and O–H groups in total. The largest absolute Gasteiger partial charge is 0.508 e. The first-order chi connectivity index (χ1) is 20.9. The molecule has 44 heavy (non-hydrogen) atoms. The molecule has 4 aliphatic rings. The quantitative estimate of drug-likeness (QED) is 0.179. The third kappa shape index (κ3) is 4.11. The van der Waals surface area contributed by atoms with Gasteiger partial charge in [0.15, 0.2) is 0 Å². The van der Waals surface area contributed by atoms with E-state index in [1.807, 2.05) is 18.2 Å². The molecule has 3 aromatic carbocycles. The molecule has 6 atom stereocenters. The van der Waals surface area contributed by atoms with Crippen molar-refractivity contribution in [1.82, 2.24) is 0 Å². The normalized spacial score (nSPS) is 29.5. The number of nitrogens with zero attached hydrogens (tertiary/aromatic N) is 2. The lowest BCUT2D eigenvalue weighted by atomic mass is 9.51. The van der Waals surface area contributed by atoms with Crippen LogP contribution >= 0.6 is 45.8 Å². The molecule has 0 spiro atoms. The summed E-state index contributed by atoms with van der Waals surface area (Å²) in [4.78, 5) is 58.7. The van der Waals surface area contributed by atoms with Crippen LogP contribution in [-0.4, -0.2) is 28.7 Å². The summed E-state index contributed by atoms with van der Waals surface area (Å²) >= 11 is 14.6. The first-order valence-corrected chi connectivity index (χ1v) is 15.9. The fraction of sp³-hybridized carbons (Fsp3) is 0.273. The molecule has 1 saturated carbocycles. The highest BCUT2D eigenvalue weighted by Crippen LogP contribution is 2.64. The fourth-order valence-corrected chi connectivity index (χ4v) is 8.55. The Morgan fingerprint density at radius 3 is 2.30 bits per heavy atom. The molecule has 2 heterocycles. The summed E-state index contributed by atoms with van der Waals surface area (Å²) in [5.74, 6) is -6.21. The Morgan fingerprint density at radius 2 is 1.59 bits per heavy atom. The minimum Gasteiger partial charge on any atom is -0.508 e. The second-order valence-electron chi connectivity index (χ2n) is 12.0. The van der Waals surface area contributed by atoms with E-state index in [9.17, 15) is 28.7 Å². The molecule has 4 amide bonds. The number of aromatic hydroxyl groups is 1. The van der Waals surface area contributed by atoms with Crippen LogP contribution in [0.15, 0.2) is 72.3 Å². The number of fused-ring (bicyclic) bond motifs is 4. The molecule has 7 nitrogen and oxygen atoms in total. The van der Waals surface area contributed by atoms with Gasteiger partial charge in [-0.2, -0.15) is 0 Å². The summed E-state index contributed by atoms with van der Waals surface area (Å²) in [6.45, 7) is 1.69. The highest BCUT2D eigenvalue weighted by Gasteiger charge is 2.68. The standard InChI is InChI=1S/C33H24Cl2FIN2O5/c1-33-23(30(42)39(32(33)44)18-7-10-25(36)24(35)13-18)14-21-19(28(33)22-12-15(34)2-11-26(22)40)8-9-20-27(21)31(43)38(29(20)41)17-5-3-16(37)4-6-17/h2-8,10-13,20-21,23,27-28,40H,9,14H2,1H3/t20-,21+,23-,27-,28+,33+/m0/s1. The zero-order valence-corrected chi connectivity index (χ0v) is 26.8. The number of hydrogen-bond donors (Lipinski definition) is 1. The molecule has 3 fully saturated rings. The first-order valence-electron chi connectivity index (χ1n) is 14.1. The van der Waals surface area contributed by atoms with Crippen molar-refractivity contribution in [1.29, 1.82) is 0 Å². The number of hydrogen-bond acceptors (Lipinski definition) is 5. The number of carbonyl (C=O) groups excluding carboxylic acids is 4. The van der Waals surface area contributed by atoms with Gasteiger partial charge in [0.2, 0.25) is 23.6 Å². The van der Waals surface area contributed by atoms with Crippen LogP contribution in [0.1, 0.15) is 31.2 Å². The lowest BCUT2D eigenvalue weighted by Gasteiger charge is -2.49. The fourth-order valence-electron chi connectivity index (χ4n) is 7.83. The van der Waals surface area contributed by atoms with E-state index in [1.165, 1.54) is 29.2 Å². The van der Waals surface area contributed by atoms with Crippen molar-refractivity contribution in [3.8, 4) is 5.75 Å². The Bertz CT molecular complexity index is 1830. The zero-order valence-electron chi connectivity index (χ0n) is 23.1. The molecule has 0 radical (unpaired) electrons. The zero-order chi connectivity index (χ0) is 31.2. The monoisotopic (exact) mass is 744 g/mol. The maximum Gasteiger partial charge on any atom is 0.241 e. The van der Waals surface area contributed by atoms with Gasteiger partial charge in [-0.05, 0) is 109 Å². The average molecular weight is 745 g/mol. The minimum absolute atomic E-state index is 0.110. The summed E-state index contributed by atoms with van der Waals surface area (Å²) in [6, 6.07) is 15.3. The van der Waals surface area contributed by atoms with Crippen LogP contribution in [-0.2, 0) is 19.2 Å². The molecule has 3 aromatic rings. The van der Waals surface area contributed by atoms with E-state index in [-0.39, 0.29) is 41.1 Å². The Balaban J connectivity index is 1.38. The molecule has 7 rings (SSSR count). The number of carbonyl (C=O) groups is 4. The number of benzene rings is 3. The average Bonchev–Trinajstić information content (AvgIpc) is 3.36. The number of rotatable bonds is 3. The second kappa shape index (κ2) is 10.4. The number of amides is 4. The van der Waals surface area contributed by atoms with E-state index in [0.29, 0.717) is 21.8 Å². The van der Waals surface area contributed by atoms with Gasteiger partial charge in [0.25, 0.3) is 0 Å². The summed E-state index contributed by atoms with van der Waals surface area (Å²) in [7, 11) is 0. The van der Waals surface area contributed by atoms with Crippen molar-refractivity contribution < 1.29 is 28.7 Å². The number of phenolic OH excluding ortho intramolecular Hbond substituents is 1. The van der Waals surface area contributed by atoms with E-state index in [1.54, 1.807) is 25.1 Å². The van der Waals surface area contributed by atoms with Gasteiger partial charge < -0.3 is 5.11 Å². The number of allylic oxidation sites excluding steroid dienone is 2. The van der Waals surface area contributed by atoms with E-state index in [4.69, 9.17) is 23.2 Å². The minimum atomic E-state index is -1.39. The highest BCUT2D eigenvalue weighted by atomic mass is 127. The molecule has 11 heteroatoms. The maximum absolute atomic E-state index is 14.4. The van der Waals surface area contributed by atoms with Crippen molar-refractivity contribution in [3.63, 3.8) is 0 Å². The molecule has 0 aromatic heterocycles. The molecule has 0 unspecified atom stereocenters. The Morgan fingerprint density at radius 1 is 0.886 bits per heavy atom. The van der Waals surface area contributed by atoms with E-state index >= 15 is 0 Å². The Hall–Kier alpha value is -3.28. The van der Waals surface area contributed by atoms with Crippen LogP contribution < -0.4 is 9.80 Å². The molecular weight excluding hydrogens is 721 g/mol. The summed E-state index contributed by atoms with van der Waals surface area (Å²) in [5.41, 5.74) is 0.283. The number of halogens is 4. The van der Waals surface area contributed by atoms with Gasteiger partial charge in [0.1, 0.15) is 11.6 Å². The summed E-state index contributed by atoms with van der Waals surface area (Å²) in [5, 5.41) is 11.2. The molecule has 2 aliphatic carbocycles. The Labute approximate surface area is 275 Å². The smallest absolute Gasteiger partial charge is 0.241 e. The highest BCUT2D eigenvalue weighted by molar-refractivity contribution is 14.1. The number of anilines is 2. The van der Waals surface area contributed by atoms with Gasteiger partial charge in [0, 0.05) is 20.1 Å². The van der Waals surface area contributed by atoms with Crippen LogP contribution in [0, 0.1) is 38.5 Å². The van der Waals surface area contributed by atoms with Gasteiger partial charge in [-0.1, -0.05) is 34.9 Å². The van der Waals surface area contributed by atoms with Crippen LogP contribution in [0.3, 0.4) is 0 Å². The van der Waals surface area contributed by atoms with Gasteiger partial charge in [-0.15, -0.1) is 0 Å². The number of imide groups is 2. The van der Waals surface area contributed by atoms with Crippen LogP contribution in [0.2, 0.25) is 10.0 Å². The predicted molar refractivity (Wildman–Crippen MR) is 171 cm³/mol. The molecule has 2 saturated heterocycles. The molecular formula is C33H24Cl2FIN2O5. The van der Waals surface area contributed by atoms with Crippen molar-refractivity contribution in [2.45, 2.75) is 25.7 Å². The third-order valence-electron chi connectivity index (χ3n) is 9.82. The van der Waals surface area contributed by atoms with Crippen molar-refractivity contribution in [3.05, 3.63) is 97.3 Å². The van der Waals surface area contributed by atoms with Gasteiger partial charge in [0.05, 0.1) is 39.6 Å². The number of phenols is 1. The molecule has 2 aliphatic heterocycles. The second-order valence-corrected chi connectivity index (χ2v) is 14.0. The molecule has 224 valence electrons. The third-order valence-corrected chi connectivity index (χ3v) is 11.1. The topological polar surface area (TPSA) is 95.0 Å². The summed E-state index contributed by atoms with van der Waals surface area (Å²) < 4.78 is 15.0. The molecule has 0 bridgehead atoms. The lowest BCUT2D eigenvalue weighted by molar-refractivity contribution is -0.131. The van der Waals surface area contributed by atoms with Crippen LogP contribution in [0.4, 0.5) is 15.8 Å². The maximum atomic E-state index is 14.4. The SMILES string of the molecule is C[C@@]12C(=O)N(c3ccc(F)c(Cl)c3)C(=O)[C@@H]1C[C@@H]1C(=CC[C@@H]3C(=O)N(c4ccc(I)cc4)C(=O)[C@@H]31)[C@@H]2c1cc(Cl)ccc1O. The van der Waals surface area contributed by atoms with Crippen molar-refractivity contribution >= 4 is 80.8 Å². The van der Waals surface area contributed by atoms with Crippen molar-refractivity contribution in [2.24, 2.45) is 29.1 Å².